The van der Waals surface area contributed by atoms with Crippen LogP contribution in [0.2, 0.25) is 12.1 Å². The van der Waals surface area contributed by atoms with Crippen molar-refractivity contribution < 1.29 is 0 Å². The minimum Gasteiger partial charge on any atom is -0.0622 e. The molecule has 0 saturated carbocycles. The van der Waals surface area contributed by atoms with Gasteiger partial charge < -0.3 is 0 Å². The van der Waals surface area contributed by atoms with Gasteiger partial charge in [-0.15, -0.1) is 0 Å². The molecule has 0 radical (unpaired) electrons. The molecular weight excluding hydrogens is 256 g/mol. The molecule has 0 N–H and O–H groups in total. The first-order valence-electron chi connectivity index (χ1n) is 7.94. The molecule has 3 rings (SSSR count). The van der Waals surface area contributed by atoms with Gasteiger partial charge in [0.25, 0.3) is 0 Å². The van der Waals surface area contributed by atoms with Crippen LogP contribution in [0.15, 0.2) is 60.7 Å². The maximum Gasteiger partial charge on any atom is 0.0623 e. The molecule has 1 aliphatic rings. The number of hydrogen-bond acceptors (Lipinski definition) is 0. The summed E-state index contributed by atoms with van der Waals surface area (Å²) in [7, 11) is -1.16. The first-order chi connectivity index (χ1) is 9.86. The third kappa shape index (κ3) is 3.40. The van der Waals surface area contributed by atoms with E-state index in [4.69, 9.17) is 0 Å². The highest BCUT2D eigenvalue weighted by atomic mass is 28.3. The molecule has 0 amide bonds. The van der Waals surface area contributed by atoms with Crippen molar-refractivity contribution in [1.29, 1.82) is 0 Å². The lowest BCUT2D eigenvalue weighted by Gasteiger charge is -2.36. The topological polar surface area (TPSA) is 0 Å². The number of benzene rings is 2. The molecule has 1 heteroatoms. The molecule has 0 atom stereocenters. The molecule has 1 fully saturated rings. The largest absolute Gasteiger partial charge is 0.0623 e. The van der Waals surface area contributed by atoms with Gasteiger partial charge in [-0.1, -0.05) is 103 Å². The van der Waals surface area contributed by atoms with Crippen LogP contribution in [-0.2, 0) is 12.1 Å². The number of rotatable bonds is 4. The quantitative estimate of drug-likeness (QED) is 0.677. The Labute approximate surface area is 123 Å². The number of hydrogen-bond donors (Lipinski definition) is 0. The minimum atomic E-state index is -1.16. The fraction of sp³-hybridized carbons (Fsp3) is 0.368. The molecule has 0 bridgehead atoms. The van der Waals surface area contributed by atoms with E-state index in [0.717, 1.165) is 0 Å². The van der Waals surface area contributed by atoms with Crippen LogP contribution in [0, 0.1) is 0 Å². The Kier molecular flexibility index (Phi) is 4.37. The van der Waals surface area contributed by atoms with Crippen LogP contribution in [0.1, 0.15) is 30.4 Å². The van der Waals surface area contributed by atoms with Gasteiger partial charge in [-0.05, 0) is 12.1 Å². The van der Waals surface area contributed by atoms with Crippen molar-refractivity contribution in [3.63, 3.8) is 0 Å². The van der Waals surface area contributed by atoms with E-state index in [0.29, 0.717) is 0 Å². The lowest BCUT2D eigenvalue weighted by atomic mass is 10.2. The second-order valence-corrected chi connectivity index (χ2v) is 11.1. The highest BCUT2D eigenvalue weighted by Gasteiger charge is 2.34. The molecule has 0 nitrogen and oxygen atoms in total. The van der Waals surface area contributed by atoms with Gasteiger partial charge in [0, 0.05) is 0 Å². The van der Waals surface area contributed by atoms with Gasteiger partial charge in [-0.3, -0.25) is 0 Å². The maximum absolute atomic E-state index is 2.33. The van der Waals surface area contributed by atoms with E-state index < -0.39 is 8.07 Å². The zero-order valence-corrected chi connectivity index (χ0v) is 13.2. The molecule has 0 aliphatic carbocycles. The average Bonchev–Trinajstić information content (AvgIpc) is 2.50. The third-order valence-corrected chi connectivity index (χ3v) is 9.90. The summed E-state index contributed by atoms with van der Waals surface area (Å²) >= 11 is 0. The normalized spacial score (nSPS) is 17.8. The predicted octanol–water partition coefficient (Wildman–Crippen LogP) is 5.18. The van der Waals surface area contributed by atoms with Crippen LogP contribution in [0.25, 0.3) is 0 Å². The first-order valence-corrected chi connectivity index (χ1v) is 10.8. The second kappa shape index (κ2) is 6.40. The molecule has 104 valence electrons. The predicted molar refractivity (Wildman–Crippen MR) is 89.5 cm³/mol. The van der Waals surface area contributed by atoms with Gasteiger partial charge in [0.15, 0.2) is 0 Å². The zero-order chi connectivity index (χ0) is 13.7. The Balaban J connectivity index is 1.81. The molecule has 1 heterocycles. The Morgan fingerprint density at radius 3 is 1.50 bits per heavy atom. The van der Waals surface area contributed by atoms with E-state index in [1.54, 1.807) is 11.1 Å². The molecule has 2 aromatic rings. The van der Waals surface area contributed by atoms with Crippen molar-refractivity contribution in [2.24, 2.45) is 0 Å². The lowest BCUT2D eigenvalue weighted by molar-refractivity contribution is 0.699. The van der Waals surface area contributed by atoms with E-state index in [1.807, 2.05) is 0 Å². The summed E-state index contributed by atoms with van der Waals surface area (Å²) < 4.78 is 0. The van der Waals surface area contributed by atoms with Gasteiger partial charge in [-0.25, -0.2) is 0 Å². The Bertz CT molecular complexity index is 468. The van der Waals surface area contributed by atoms with Crippen LogP contribution < -0.4 is 0 Å². The molecule has 0 unspecified atom stereocenters. The van der Waals surface area contributed by atoms with Gasteiger partial charge >= 0.3 is 0 Å². The fourth-order valence-corrected chi connectivity index (χ4v) is 9.06. The summed E-state index contributed by atoms with van der Waals surface area (Å²) in [5.41, 5.74) is 3.13. The lowest BCUT2D eigenvalue weighted by Crippen LogP contribution is -2.42. The monoisotopic (exact) mass is 280 g/mol. The van der Waals surface area contributed by atoms with Crippen LogP contribution in [0.5, 0.6) is 0 Å². The summed E-state index contributed by atoms with van der Waals surface area (Å²) in [4.78, 5) is 0. The van der Waals surface area contributed by atoms with E-state index in [2.05, 4.69) is 60.7 Å². The van der Waals surface area contributed by atoms with Crippen LogP contribution in [0.3, 0.4) is 0 Å². The van der Waals surface area contributed by atoms with Crippen LogP contribution in [0.4, 0.5) is 0 Å². The SMILES string of the molecule is c1ccc(C[Si]2(Cc3ccccc3)CCCCC2)cc1. The standard InChI is InChI=1S/C19H24Si/c1-4-10-18(11-5-1)16-20(14-8-3-9-15-20)17-19-12-6-2-7-13-19/h1-2,4-7,10-13H,3,8-9,14-17H2. The molecule has 1 aliphatic heterocycles. The summed E-state index contributed by atoms with van der Waals surface area (Å²) in [6, 6.07) is 28.2. The van der Waals surface area contributed by atoms with Gasteiger partial charge in [0.1, 0.15) is 0 Å². The first kappa shape index (κ1) is 13.6. The third-order valence-electron chi connectivity index (χ3n) is 4.76. The van der Waals surface area contributed by atoms with Crippen LogP contribution in [-0.4, -0.2) is 8.07 Å². The van der Waals surface area contributed by atoms with E-state index in [1.165, 1.54) is 43.4 Å². The van der Waals surface area contributed by atoms with Crippen LogP contribution >= 0.6 is 0 Å². The van der Waals surface area contributed by atoms with Crippen molar-refractivity contribution in [2.75, 3.05) is 0 Å². The molecule has 0 aromatic heterocycles. The molecule has 0 spiro atoms. The smallest absolute Gasteiger partial charge is 0.0622 e. The summed E-state index contributed by atoms with van der Waals surface area (Å²) in [6.45, 7) is 0. The summed E-state index contributed by atoms with van der Waals surface area (Å²) in [6.07, 6.45) is 4.39. The minimum absolute atomic E-state index is 1.16. The Hall–Kier alpha value is -1.34. The van der Waals surface area contributed by atoms with E-state index in [-0.39, 0.29) is 0 Å². The zero-order valence-electron chi connectivity index (χ0n) is 12.2. The molecule has 1 saturated heterocycles. The van der Waals surface area contributed by atoms with Crippen molar-refractivity contribution in [1.82, 2.24) is 0 Å². The maximum atomic E-state index is 2.33. The van der Waals surface area contributed by atoms with Crippen molar-refractivity contribution in [3.8, 4) is 0 Å². The van der Waals surface area contributed by atoms with Gasteiger partial charge in [0.2, 0.25) is 0 Å². The molecule has 20 heavy (non-hydrogen) atoms. The summed E-state index contributed by atoms with van der Waals surface area (Å²) in [5.74, 6) is 0. The highest BCUT2D eigenvalue weighted by molar-refractivity contribution is 6.79. The molecule has 2 aromatic carbocycles. The average molecular weight is 280 g/mol. The van der Waals surface area contributed by atoms with Crippen molar-refractivity contribution >= 4 is 8.07 Å². The van der Waals surface area contributed by atoms with Crippen molar-refractivity contribution in [2.45, 2.75) is 43.4 Å². The summed E-state index contributed by atoms with van der Waals surface area (Å²) in [5, 5.41) is 0. The van der Waals surface area contributed by atoms with E-state index >= 15 is 0 Å². The second-order valence-electron chi connectivity index (χ2n) is 6.39. The fourth-order valence-electron chi connectivity index (χ4n) is 3.78. The molecular formula is C19H24Si. The Morgan fingerprint density at radius 2 is 1.05 bits per heavy atom. The van der Waals surface area contributed by atoms with Gasteiger partial charge in [0.05, 0.1) is 8.07 Å². The Morgan fingerprint density at radius 1 is 0.600 bits per heavy atom. The van der Waals surface area contributed by atoms with E-state index in [9.17, 15) is 0 Å². The highest BCUT2D eigenvalue weighted by Crippen LogP contribution is 2.34. The van der Waals surface area contributed by atoms with Crippen molar-refractivity contribution in [3.05, 3.63) is 71.8 Å². The van der Waals surface area contributed by atoms with Gasteiger partial charge in [-0.2, -0.15) is 0 Å².